The van der Waals surface area contributed by atoms with Gasteiger partial charge in [0.05, 0.1) is 0 Å². The Labute approximate surface area is 103 Å². The molecule has 17 heavy (non-hydrogen) atoms. The SMILES string of the molecule is CC1(C)C2C=CC=CC1c1ccccc1C=C2. The number of hydrogen-bond acceptors (Lipinski definition) is 0. The Hall–Kier alpha value is -1.56. The van der Waals surface area contributed by atoms with Crippen molar-refractivity contribution in [2.24, 2.45) is 11.3 Å². The second-order valence-corrected chi connectivity index (χ2v) is 5.58. The van der Waals surface area contributed by atoms with E-state index in [9.17, 15) is 0 Å². The Balaban J connectivity index is 2.24. The zero-order chi connectivity index (χ0) is 11.9. The van der Waals surface area contributed by atoms with Gasteiger partial charge in [0.25, 0.3) is 0 Å². The van der Waals surface area contributed by atoms with Gasteiger partial charge in [-0.15, -0.1) is 0 Å². The summed E-state index contributed by atoms with van der Waals surface area (Å²) in [5.41, 5.74) is 3.07. The molecule has 3 rings (SSSR count). The molecular formula is C17H18. The molecule has 0 radical (unpaired) electrons. The van der Waals surface area contributed by atoms with E-state index in [1.807, 2.05) is 0 Å². The lowest BCUT2D eigenvalue weighted by atomic mass is 9.68. The molecule has 86 valence electrons. The van der Waals surface area contributed by atoms with E-state index in [0.29, 0.717) is 11.8 Å². The van der Waals surface area contributed by atoms with E-state index in [4.69, 9.17) is 0 Å². The summed E-state index contributed by atoms with van der Waals surface area (Å²) < 4.78 is 0. The number of benzene rings is 1. The van der Waals surface area contributed by atoms with E-state index in [2.05, 4.69) is 74.6 Å². The lowest BCUT2D eigenvalue weighted by molar-refractivity contribution is 0.272. The van der Waals surface area contributed by atoms with Crippen molar-refractivity contribution >= 4 is 6.08 Å². The predicted molar refractivity (Wildman–Crippen MR) is 73.8 cm³/mol. The van der Waals surface area contributed by atoms with E-state index in [1.54, 1.807) is 0 Å². The van der Waals surface area contributed by atoms with E-state index in [1.165, 1.54) is 11.1 Å². The van der Waals surface area contributed by atoms with E-state index >= 15 is 0 Å². The molecule has 2 aliphatic carbocycles. The highest BCUT2D eigenvalue weighted by Crippen LogP contribution is 2.48. The third-order valence-corrected chi connectivity index (χ3v) is 4.21. The van der Waals surface area contributed by atoms with Gasteiger partial charge in [0.1, 0.15) is 0 Å². The molecule has 0 heterocycles. The van der Waals surface area contributed by atoms with Crippen molar-refractivity contribution in [2.45, 2.75) is 19.8 Å². The van der Waals surface area contributed by atoms with Crippen LogP contribution in [0, 0.1) is 11.3 Å². The van der Waals surface area contributed by atoms with Crippen LogP contribution in [-0.4, -0.2) is 0 Å². The summed E-state index contributed by atoms with van der Waals surface area (Å²) in [6.07, 6.45) is 13.7. The Morgan fingerprint density at radius 2 is 1.71 bits per heavy atom. The number of allylic oxidation sites excluding steroid dienone is 5. The molecular weight excluding hydrogens is 204 g/mol. The van der Waals surface area contributed by atoms with Crippen LogP contribution in [0.1, 0.15) is 30.9 Å². The van der Waals surface area contributed by atoms with E-state index in [0.717, 1.165) is 0 Å². The highest BCUT2D eigenvalue weighted by Gasteiger charge is 2.37. The second-order valence-electron chi connectivity index (χ2n) is 5.58. The summed E-state index contributed by atoms with van der Waals surface area (Å²) in [6.45, 7) is 4.74. The van der Waals surface area contributed by atoms with Gasteiger partial charge < -0.3 is 0 Å². The molecule has 0 N–H and O–H groups in total. The van der Waals surface area contributed by atoms with Crippen LogP contribution >= 0.6 is 0 Å². The normalized spacial score (nSPS) is 28.4. The van der Waals surface area contributed by atoms with Crippen molar-refractivity contribution in [1.82, 2.24) is 0 Å². The maximum Gasteiger partial charge on any atom is 0.00868 e. The topological polar surface area (TPSA) is 0 Å². The van der Waals surface area contributed by atoms with Crippen LogP contribution in [0.2, 0.25) is 0 Å². The average molecular weight is 222 g/mol. The quantitative estimate of drug-likeness (QED) is 0.603. The molecule has 1 aromatic carbocycles. The lowest BCUT2D eigenvalue weighted by Gasteiger charge is -2.35. The third kappa shape index (κ3) is 1.59. The molecule has 0 heteroatoms. The van der Waals surface area contributed by atoms with Crippen molar-refractivity contribution in [3.05, 3.63) is 65.8 Å². The molecule has 0 nitrogen and oxygen atoms in total. The predicted octanol–water partition coefficient (Wildman–Crippen LogP) is 4.57. The van der Waals surface area contributed by atoms with Crippen molar-refractivity contribution in [3.63, 3.8) is 0 Å². The number of fused-ring (bicyclic) bond motifs is 4. The molecule has 0 fully saturated rings. The third-order valence-electron chi connectivity index (χ3n) is 4.21. The smallest absolute Gasteiger partial charge is 0.00868 e. The van der Waals surface area contributed by atoms with Crippen molar-refractivity contribution in [3.8, 4) is 0 Å². The first-order valence-corrected chi connectivity index (χ1v) is 6.32. The molecule has 2 aliphatic rings. The van der Waals surface area contributed by atoms with Gasteiger partial charge in [0.2, 0.25) is 0 Å². The highest BCUT2D eigenvalue weighted by molar-refractivity contribution is 5.59. The molecule has 2 bridgehead atoms. The summed E-state index contributed by atoms with van der Waals surface area (Å²) >= 11 is 0. The zero-order valence-corrected chi connectivity index (χ0v) is 10.4. The standard InChI is InChI=1S/C17H18/c1-17(2)14-8-4-6-10-16(17)15-9-5-3-7-13(15)11-12-14/h3-12,14,16H,1-2H3. The Kier molecular flexibility index (Phi) is 2.32. The zero-order valence-electron chi connectivity index (χ0n) is 10.4. The van der Waals surface area contributed by atoms with Gasteiger partial charge in [-0.25, -0.2) is 0 Å². The molecule has 0 amide bonds. The van der Waals surface area contributed by atoms with Crippen LogP contribution in [0.5, 0.6) is 0 Å². The van der Waals surface area contributed by atoms with E-state index < -0.39 is 0 Å². The van der Waals surface area contributed by atoms with Crippen molar-refractivity contribution in [1.29, 1.82) is 0 Å². The van der Waals surface area contributed by atoms with Crippen molar-refractivity contribution < 1.29 is 0 Å². The molecule has 0 aliphatic heterocycles. The maximum absolute atomic E-state index is 2.37. The Morgan fingerprint density at radius 1 is 0.941 bits per heavy atom. The number of rotatable bonds is 0. The maximum atomic E-state index is 2.37. The largest absolute Gasteiger partial charge is 0.0771 e. The summed E-state index contributed by atoms with van der Waals surface area (Å²) in [5, 5.41) is 0. The van der Waals surface area contributed by atoms with Gasteiger partial charge in [0, 0.05) is 11.8 Å². The van der Waals surface area contributed by atoms with E-state index in [-0.39, 0.29) is 5.41 Å². The van der Waals surface area contributed by atoms with Gasteiger partial charge >= 0.3 is 0 Å². The fourth-order valence-electron chi connectivity index (χ4n) is 3.03. The van der Waals surface area contributed by atoms with Crippen LogP contribution < -0.4 is 0 Å². The molecule has 2 atom stereocenters. The van der Waals surface area contributed by atoms with Crippen LogP contribution in [0.15, 0.2) is 54.6 Å². The minimum absolute atomic E-state index is 0.243. The first-order chi connectivity index (χ1) is 8.19. The van der Waals surface area contributed by atoms with Gasteiger partial charge in [0.15, 0.2) is 0 Å². The summed E-state index contributed by atoms with van der Waals surface area (Å²) in [5.74, 6) is 1.00. The Bertz CT molecular complexity index is 515. The molecule has 0 saturated carbocycles. The molecule has 1 aromatic rings. The van der Waals surface area contributed by atoms with Crippen molar-refractivity contribution in [2.75, 3.05) is 0 Å². The van der Waals surface area contributed by atoms with Crippen LogP contribution in [-0.2, 0) is 0 Å². The molecule has 0 aromatic heterocycles. The highest BCUT2D eigenvalue weighted by atomic mass is 14.4. The minimum atomic E-state index is 0.243. The fourth-order valence-corrected chi connectivity index (χ4v) is 3.03. The second kappa shape index (κ2) is 3.73. The molecule has 2 unspecified atom stereocenters. The van der Waals surface area contributed by atoms with Gasteiger partial charge in [-0.05, 0) is 16.5 Å². The van der Waals surface area contributed by atoms with Crippen LogP contribution in [0.25, 0.3) is 6.08 Å². The van der Waals surface area contributed by atoms with Gasteiger partial charge in [-0.1, -0.05) is 74.6 Å². The number of hydrogen-bond donors (Lipinski definition) is 0. The molecule has 0 saturated heterocycles. The minimum Gasteiger partial charge on any atom is -0.0771 e. The lowest BCUT2D eigenvalue weighted by Crippen LogP contribution is -2.26. The van der Waals surface area contributed by atoms with Crippen LogP contribution in [0.4, 0.5) is 0 Å². The summed E-state index contributed by atoms with van der Waals surface area (Å²) in [6, 6.07) is 8.76. The average Bonchev–Trinajstić information content (AvgIpc) is 2.53. The fraction of sp³-hybridized carbons (Fsp3) is 0.294. The molecule has 0 spiro atoms. The first kappa shape index (κ1) is 10.6. The Morgan fingerprint density at radius 3 is 2.59 bits per heavy atom. The summed E-state index contributed by atoms with van der Waals surface area (Å²) in [4.78, 5) is 0. The van der Waals surface area contributed by atoms with Gasteiger partial charge in [-0.3, -0.25) is 0 Å². The monoisotopic (exact) mass is 222 g/mol. The van der Waals surface area contributed by atoms with Crippen LogP contribution in [0.3, 0.4) is 0 Å². The van der Waals surface area contributed by atoms with Gasteiger partial charge in [-0.2, -0.15) is 0 Å². The summed E-state index contributed by atoms with van der Waals surface area (Å²) in [7, 11) is 0. The first-order valence-electron chi connectivity index (χ1n) is 6.32.